The fourth-order valence-corrected chi connectivity index (χ4v) is 4.05. The largest absolute Gasteiger partial charge is 0.389 e. The van der Waals surface area contributed by atoms with Gasteiger partial charge in [0.2, 0.25) is 10.0 Å². The van der Waals surface area contributed by atoms with Gasteiger partial charge in [-0.3, -0.25) is 0 Å². The Morgan fingerprint density at radius 1 is 1.48 bits per heavy atom. The van der Waals surface area contributed by atoms with Gasteiger partial charge in [0.05, 0.1) is 11.0 Å². The molecular weight excluding hydrogens is 288 g/mol. The quantitative estimate of drug-likeness (QED) is 0.890. The zero-order chi connectivity index (χ0) is 15.6. The molecule has 6 heteroatoms. The predicted octanol–water partition coefficient (Wildman–Crippen LogP) is 1.31. The first-order valence-corrected chi connectivity index (χ1v) is 8.67. The van der Waals surface area contributed by atoms with Gasteiger partial charge in [0.1, 0.15) is 0 Å². The average molecular weight is 312 g/mol. The number of sulfonamides is 1. The Bertz CT molecular complexity index is 586. The normalized spacial score (nSPS) is 21.9. The van der Waals surface area contributed by atoms with Crippen LogP contribution in [0.2, 0.25) is 0 Å². The van der Waals surface area contributed by atoms with E-state index < -0.39 is 16.1 Å². The highest BCUT2D eigenvalue weighted by molar-refractivity contribution is 7.89. The summed E-state index contributed by atoms with van der Waals surface area (Å²) in [7, 11) is 0.188. The number of aliphatic hydroxyl groups excluding tert-OH is 1. The number of hydrogen-bond acceptors (Lipinski definition) is 4. The van der Waals surface area contributed by atoms with Crippen LogP contribution in [-0.2, 0) is 10.0 Å². The maximum atomic E-state index is 12.6. The lowest BCUT2D eigenvalue weighted by molar-refractivity contribution is 0.199. The van der Waals surface area contributed by atoms with E-state index in [9.17, 15) is 13.5 Å². The first-order valence-electron chi connectivity index (χ1n) is 7.23. The zero-order valence-corrected chi connectivity index (χ0v) is 13.7. The van der Waals surface area contributed by atoms with E-state index in [1.54, 1.807) is 38.2 Å². The number of benzene rings is 1. The predicted molar refractivity (Wildman–Crippen MR) is 82.5 cm³/mol. The van der Waals surface area contributed by atoms with Crippen molar-refractivity contribution in [2.45, 2.75) is 24.3 Å². The SMILES string of the molecule is CC(O)c1cccc(S(=O)(=O)N(C)CC2CCN(C)C2)c1. The van der Waals surface area contributed by atoms with Crippen LogP contribution in [0.1, 0.15) is 25.0 Å². The summed E-state index contributed by atoms with van der Waals surface area (Å²) in [6.45, 7) is 4.12. The highest BCUT2D eigenvalue weighted by atomic mass is 32.2. The molecule has 0 spiro atoms. The van der Waals surface area contributed by atoms with Crippen molar-refractivity contribution in [3.05, 3.63) is 29.8 Å². The molecule has 2 unspecified atom stereocenters. The van der Waals surface area contributed by atoms with Crippen LogP contribution in [0.5, 0.6) is 0 Å². The lowest BCUT2D eigenvalue weighted by Gasteiger charge is -2.21. The van der Waals surface area contributed by atoms with Gasteiger partial charge in [-0.05, 0) is 50.6 Å². The van der Waals surface area contributed by atoms with Gasteiger partial charge in [-0.25, -0.2) is 12.7 Å². The molecule has 1 N–H and O–H groups in total. The number of hydrogen-bond donors (Lipinski definition) is 1. The van der Waals surface area contributed by atoms with E-state index in [-0.39, 0.29) is 4.90 Å². The highest BCUT2D eigenvalue weighted by Gasteiger charge is 2.27. The lowest BCUT2D eigenvalue weighted by Crippen LogP contribution is -2.33. The van der Waals surface area contributed by atoms with Crippen LogP contribution in [-0.4, -0.2) is 56.5 Å². The van der Waals surface area contributed by atoms with E-state index >= 15 is 0 Å². The third kappa shape index (κ3) is 3.83. The molecule has 1 fully saturated rings. The van der Waals surface area contributed by atoms with Gasteiger partial charge < -0.3 is 10.0 Å². The molecule has 0 bridgehead atoms. The van der Waals surface area contributed by atoms with Crippen molar-refractivity contribution in [2.24, 2.45) is 5.92 Å². The molecule has 0 aromatic heterocycles. The van der Waals surface area contributed by atoms with Gasteiger partial charge in [0, 0.05) is 20.1 Å². The van der Waals surface area contributed by atoms with Crippen LogP contribution >= 0.6 is 0 Å². The van der Waals surface area contributed by atoms with Crippen LogP contribution in [0.25, 0.3) is 0 Å². The number of rotatable bonds is 5. The highest BCUT2D eigenvalue weighted by Crippen LogP contribution is 2.22. The van der Waals surface area contributed by atoms with Crippen LogP contribution in [0, 0.1) is 5.92 Å². The maximum absolute atomic E-state index is 12.6. The first kappa shape index (κ1) is 16.4. The van der Waals surface area contributed by atoms with Crippen molar-refractivity contribution in [1.82, 2.24) is 9.21 Å². The number of aliphatic hydroxyl groups is 1. The maximum Gasteiger partial charge on any atom is 0.242 e. The Balaban J connectivity index is 2.15. The van der Waals surface area contributed by atoms with Crippen LogP contribution in [0.3, 0.4) is 0 Å². The van der Waals surface area contributed by atoms with Crippen molar-refractivity contribution >= 4 is 10.0 Å². The molecule has 1 aromatic carbocycles. The van der Waals surface area contributed by atoms with E-state index in [0.717, 1.165) is 19.5 Å². The molecule has 2 atom stereocenters. The summed E-state index contributed by atoms with van der Waals surface area (Å²) in [6, 6.07) is 6.54. The smallest absolute Gasteiger partial charge is 0.242 e. The van der Waals surface area contributed by atoms with Crippen LogP contribution in [0.4, 0.5) is 0 Å². The molecule has 1 aliphatic heterocycles. The Kier molecular flexibility index (Phi) is 5.03. The molecule has 1 aromatic rings. The van der Waals surface area contributed by atoms with Crippen molar-refractivity contribution < 1.29 is 13.5 Å². The topological polar surface area (TPSA) is 60.9 Å². The van der Waals surface area contributed by atoms with Crippen molar-refractivity contribution in [3.63, 3.8) is 0 Å². The second kappa shape index (κ2) is 6.44. The molecule has 5 nitrogen and oxygen atoms in total. The summed E-state index contributed by atoms with van der Waals surface area (Å²) in [5, 5.41) is 9.60. The second-order valence-electron chi connectivity index (χ2n) is 5.95. The molecule has 0 saturated carbocycles. The van der Waals surface area contributed by atoms with Gasteiger partial charge in [-0.2, -0.15) is 0 Å². The number of likely N-dealkylation sites (tertiary alicyclic amines) is 1. The minimum absolute atomic E-state index is 0.245. The summed E-state index contributed by atoms with van der Waals surface area (Å²) >= 11 is 0. The Labute approximate surface area is 127 Å². The Morgan fingerprint density at radius 3 is 2.76 bits per heavy atom. The zero-order valence-electron chi connectivity index (χ0n) is 12.9. The minimum atomic E-state index is -3.50. The molecule has 0 radical (unpaired) electrons. The molecule has 21 heavy (non-hydrogen) atoms. The van der Waals surface area contributed by atoms with Crippen molar-refractivity contribution in [2.75, 3.05) is 33.7 Å². The monoisotopic (exact) mass is 312 g/mol. The third-order valence-electron chi connectivity index (χ3n) is 4.05. The van der Waals surface area contributed by atoms with E-state index in [0.29, 0.717) is 18.0 Å². The molecular formula is C15H24N2O3S. The molecule has 0 aliphatic carbocycles. The molecule has 1 heterocycles. The van der Waals surface area contributed by atoms with Gasteiger partial charge >= 0.3 is 0 Å². The fourth-order valence-electron chi connectivity index (χ4n) is 2.75. The van der Waals surface area contributed by atoms with E-state index in [4.69, 9.17) is 0 Å². The van der Waals surface area contributed by atoms with Crippen molar-refractivity contribution in [1.29, 1.82) is 0 Å². The van der Waals surface area contributed by atoms with E-state index in [1.165, 1.54) is 4.31 Å². The average Bonchev–Trinajstić information content (AvgIpc) is 2.84. The Hall–Kier alpha value is -0.950. The molecule has 118 valence electrons. The van der Waals surface area contributed by atoms with Gasteiger partial charge in [-0.1, -0.05) is 12.1 Å². The summed E-state index contributed by atoms with van der Waals surface area (Å²) < 4.78 is 26.6. The summed E-state index contributed by atoms with van der Waals surface area (Å²) in [4.78, 5) is 2.47. The van der Waals surface area contributed by atoms with Crippen molar-refractivity contribution in [3.8, 4) is 0 Å². The van der Waals surface area contributed by atoms with Crippen LogP contribution < -0.4 is 0 Å². The molecule has 2 rings (SSSR count). The standard InChI is InChI=1S/C15H24N2O3S/c1-12(18)14-5-4-6-15(9-14)21(19,20)17(3)11-13-7-8-16(2)10-13/h4-6,9,12-13,18H,7-8,10-11H2,1-3H3. The van der Waals surface area contributed by atoms with Gasteiger partial charge in [-0.15, -0.1) is 0 Å². The van der Waals surface area contributed by atoms with E-state index in [2.05, 4.69) is 11.9 Å². The van der Waals surface area contributed by atoms with Crippen LogP contribution in [0.15, 0.2) is 29.2 Å². The van der Waals surface area contributed by atoms with Gasteiger partial charge in [0.25, 0.3) is 0 Å². The second-order valence-corrected chi connectivity index (χ2v) is 8.00. The third-order valence-corrected chi connectivity index (χ3v) is 5.87. The molecule has 1 aliphatic rings. The molecule has 1 saturated heterocycles. The Morgan fingerprint density at radius 2 is 2.19 bits per heavy atom. The first-order chi connectivity index (χ1) is 9.80. The minimum Gasteiger partial charge on any atom is -0.389 e. The summed E-state index contributed by atoms with van der Waals surface area (Å²) in [6.07, 6.45) is 0.360. The van der Waals surface area contributed by atoms with Gasteiger partial charge in [0.15, 0.2) is 0 Å². The summed E-state index contributed by atoms with van der Waals surface area (Å²) in [5.41, 5.74) is 0.616. The van der Waals surface area contributed by atoms with E-state index in [1.807, 2.05) is 0 Å². The molecule has 0 amide bonds. The number of nitrogens with zero attached hydrogens (tertiary/aromatic N) is 2. The summed E-state index contributed by atoms with van der Waals surface area (Å²) in [5.74, 6) is 0.384. The fraction of sp³-hybridized carbons (Fsp3) is 0.600. The lowest BCUT2D eigenvalue weighted by atomic mass is 10.1.